The van der Waals surface area contributed by atoms with E-state index in [1.54, 1.807) is 11.3 Å². The van der Waals surface area contributed by atoms with Gasteiger partial charge in [-0.15, -0.1) is 11.3 Å². The number of aromatic nitrogens is 2. The molecule has 1 saturated heterocycles. The lowest BCUT2D eigenvalue weighted by Crippen LogP contribution is -2.25. The van der Waals surface area contributed by atoms with Crippen molar-refractivity contribution < 1.29 is 0 Å². The Morgan fingerprint density at radius 1 is 1.38 bits per heavy atom. The highest BCUT2D eigenvalue weighted by Crippen LogP contribution is 2.25. The summed E-state index contributed by atoms with van der Waals surface area (Å²) >= 11 is 1.64. The number of fused-ring (bicyclic) bond motifs is 1. The third-order valence-corrected chi connectivity index (χ3v) is 5.20. The lowest BCUT2D eigenvalue weighted by atomic mass is 9.98. The summed E-state index contributed by atoms with van der Waals surface area (Å²) in [6, 6.07) is 2.01. The summed E-state index contributed by atoms with van der Waals surface area (Å²) in [7, 11) is 0. The molecule has 1 atom stereocenters. The number of thiophene rings is 1. The Balaban J connectivity index is 1.75. The zero-order valence-corrected chi connectivity index (χ0v) is 13.3. The second kappa shape index (κ2) is 6.68. The van der Waals surface area contributed by atoms with Gasteiger partial charge in [-0.25, -0.2) is 15.8 Å². The Kier molecular flexibility index (Phi) is 4.67. The molecule has 0 aromatic carbocycles. The van der Waals surface area contributed by atoms with Crippen molar-refractivity contribution in [2.24, 2.45) is 11.8 Å². The molecule has 114 valence electrons. The number of nitrogens with one attached hydrogen (secondary N) is 1. The first kappa shape index (κ1) is 14.7. The van der Waals surface area contributed by atoms with Gasteiger partial charge in [0.2, 0.25) is 0 Å². The molecule has 6 heteroatoms. The van der Waals surface area contributed by atoms with Gasteiger partial charge >= 0.3 is 0 Å². The number of likely N-dealkylation sites (tertiary alicyclic amines) is 1. The smallest absolute Gasteiger partial charge is 0.152 e. The van der Waals surface area contributed by atoms with E-state index in [9.17, 15) is 0 Å². The average Bonchev–Trinajstić information content (AvgIpc) is 2.86. The van der Waals surface area contributed by atoms with E-state index < -0.39 is 0 Å². The summed E-state index contributed by atoms with van der Waals surface area (Å²) < 4.78 is 0. The van der Waals surface area contributed by atoms with Crippen molar-refractivity contribution in [1.29, 1.82) is 0 Å². The number of hydrazine groups is 1. The first-order chi connectivity index (χ1) is 10.3. The van der Waals surface area contributed by atoms with Crippen LogP contribution in [0.4, 0.5) is 5.82 Å². The average molecular weight is 305 g/mol. The fraction of sp³-hybridized carbons (Fsp3) is 0.600. The molecule has 0 amide bonds. The number of rotatable bonds is 4. The monoisotopic (exact) mass is 305 g/mol. The molecule has 0 spiro atoms. The van der Waals surface area contributed by atoms with Crippen molar-refractivity contribution in [2.45, 2.75) is 39.2 Å². The van der Waals surface area contributed by atoms with Gasteiger partial charge in [0, 0.05) is 0 Å². The van der Waals surface area contributed by atoms with E-state index >= 15 is 0 Å². The fourth-order valence-corrected chi connectivity index (χ4v) is 3.85. The van der Waals surface area contributed by atoms with Crippen molar-refractivity contribution in [1.82, 2.24) is 14.9 Å². The summed E-state index contributed by atoms with van der Waals surface area (Å²) in [6.07, 6.45) is 5.22. The molecule has 1 unspecified atom stereocenters. The molecule has 0 aliphatic carbocycles. The molecular weight excluding hydrogens is 282 g/mol. The first-order valence-electron chi connectivity index (χ1n) is 7.73. The van der Waals surface area contributed by atoms with Gasteiger partial charge in [-0.05, 0) is 49.7 Å². The van der Waals surface area contributed by atoms with E-state index in [2.05, 4.69) is 27.2 Å². The molecule has 2 aromatic heterocycles. The summed E-state index contributed by atoms with van der Waals surface area (Å²) in [5, 5.41) is 3.04. The molecule has 3 N–H and O–H groups in total. The van der Waals surface area contributed by atoms with Crippen LogP contribution in [0, 0.1) is 5.92 Å². The fourth-order valence-electron chi connectivity index (χ4n) is 3.07. The molecule has 1 fully saturated rings. The minimum absolute atomic E-state index is 0.734. The number of nitrogens with zero attached hydrogens (tertiary/aromatic N) is 3. The molecule has 0 saturated carbocycles. The van der Waals surface area contributed by atoms with Crippen LogP contribution >= 0.6 is 11.3 Å². The molecule has 5 nitrogen and oxygen atoms in total. The predicted molar refractivity (Wildman–Crippen MR) is 88.1 cm³/mol. The molecule has 2 aromatic rings. The highest BCUT2D eigenvalue weighted by molar-refractivity contribution is 7.16. The summed E-state index contributed by atoms with van der Waals surface area (Å²) in [6.45, 7) is 5.41. The van der Waals surface area contributed by atoms with Crippen LogP contribution in [0.1, 0.15) is 38.4 Å². The Hall–Kier alpha value is -1.24. The number of nitrogens with two attached hydrogens (primary N) is 1. The molecule has 21 heavy (non-hydrogen) atoms. The van der Waals surface area contributed by atoms with Crippen LogP contribution < -0.4 is 11.3 Å². The highest BCUT2D eigenvalue weighted by atomic mass is 32.1. The zero-order chi connectivity index (χ0) is 14.7. The van der Waals surface area contributed by atoms with Crippen molar-refractivity contribution >= 4 is 27.4 Å². The van der Waals surface area contributed by atoms with Crippen LogP contribution in [0.3, 0.4) is 0 Å². The van der Waals surface area contributed by atoms with Gasteiger partial charge in [-0.3, -0.25) is 4.90 Å². The van der Waals surface area contributed by atoms with Crippen LogP contribution in [-0.4, -0.2) is 28.0 Å². The van der Waals surface area contributed by atoms with Gasteiger partial charge in [-0.2, -0.15) is 0 Å². The zero-order valence-electron chi connectivity index (χ0n) is 12.5. The Bertz CT molecular complexity index is 597. The summed E-state index contributed by atoms with van der Waals surface area (Å²) in [5.41, 5.74) is 2.70. The van der Waals surface area contributed by atoms with Gasteiger partial charge in [0.1, 0.15) is 10.7 Å². The molecule has 1 aliphatic heterocycles. The maximum absolute atomic E-state index is 5.59. The third-order valence-electron chi connectivity index (χ3n) is 4.39. The molecule has 0 bridgehead atoms. The maximum atomic E-state index is 5.59. The van der Waals surface area contributed by atoms with Crippen molar-refractivity contribution in [3.8, 4) is 0 Å². The van der Waals surface area contributed by atoms with Gasteiger partial charge in [-0.1, -0.05) is 13.3 Å². The predicted octanol–water partition coefficient (Wildman–Crippen LogP) is 2.99. The number of hydrogen-bond acceptors (Lipinski definition) is 6. The van der Waals surface area contributed by atoms with Crippen molar-refractivity contribution in [2.75, 3.05) is 18.5 Å². The quantitative estimate of drug-likeness (QED) is 0.671. The number of anilines is 1. The first-order valence-corrected chi connectivity index (χ1v) is 8.61. The Labute approximate surface area is 129 Å². The van der Waals surface area contributed by atoms with Gasteiger partial charge in [0.15, 0.2) is 5.82 Å². The van der Waals surface area contributed by atoms with Crippen LogP contribution in [0.2, 0.25) is 0 Å². The van der Waals surface area contributed by atoms with E-state index in [0.717, 1.165) is 47.4 Å². The van der Waals surface area contributed by atoms with Crippen molar-refractivity contribution in [3.63, 3.8) is 0 Å². The lowest BCUT2D eigenvalue weighted by Gasteiger charge is -2.19. The molecular formula is C15H23N5S. The topological polar surface area (TPSA) is 67.1 Å². The van der Waals surface area contributed by atoms with Gasteiger partial charge in [0.05, 0.1) is 11.9 Å². The van der Waals surface area contributed by atoms with E-state index in [0.29, 0.717) is 0 Å². The largest absolute Gasteiger partial charge is 0.308 e. The molecule has 1 aliphatic rings. The summed E-state index contributed by atoms with van der Waals surface area (Å²) in [5.74, 6) is 8.08. The van der Waals surface area contributed by atoms with Crippen LogP contribution in [-0.2, 0) is 6.54 Å². The van der Waals surface area contributed by atoms with E-state index in [-0.39, 0.29) is 0 Å². The van der Waals surface area contributed by atoms with Crippen LogP contribution in [0.5, 0.6) is 0 Å². The van der Waals surface area contributed by atoms with Crippen LogP contribution in [0.25, 0.3) is 10.2 Å². The van der Waals surface area contributed by atoms with Gasteiger partial charge < -0.3 is 5.43 Å². The number of nitrogen functional groups attached to an aromatic ring is 1. The Morgan fingerprint density at radius 2 is 2.29 bits per heavy atom. The van der Waals surface area contributed by atoms with Crippen molar-refractivity contribution in [3.05, 3.63) is 17.3 Å². The second-order valence-electron chi connectivity index (χ2n) is 5.75. The van der Waals surface area contributed by atoms with Gasteiger partial charge in [0.25, 0.3) is 0 Å². The minimum atomic E-state index is 0.734. The summed E-state index contributed by atoms with van der Waals surface area (Å²) in [4.78, 5) is 12.7. The highest BCUT2D eigenvalue weighted by Gasteiger charge is 2.17. The number of hydrogen-bond donors (Lipinski definition) is 2. The molecule has 3 rings (SSSR count). The lowest BCUT2D eigenvalue weighted by molar-refractivity contribution is 0.266. The Morgan fingerprint density at radius 3 is 3.10 bits per heavy atom. The minimum Gasteiger partial charge on any atom is -0.308 e. The SMILES string of the molecule is CCC1CCCN(Cc2nc(NN)c3ccsc3n2)CC1. The maximum Gasteiger partial charge on any atom is 0.152 e. The van der Waals surface area contributed by atoms with E-state index in [1.807, 2.05) is 11.4 Å². The third kappa shape index (κ3) is 3.33. The normalized spacial score (nSPS) is 20.6. The molecule has 3 heterocycles. The van der Waals surface area contributed by atoms with E-state index in [4.69, 9.17) is 5.84 Å². The second-order valence-corrected chi connectivity index (χ2v) is 6.65. The van der Waals surface area contributed by atoms with E-state index in [1.165, 1.54) is 25.7 Å². The molecule has 0 radical (unpaired) electrons. The van der Waals surface area contributed by atoms with Crippen LogP contribution in [0.15, 0.2) is 11.4 Å². The standard InChI is InChI=1S/C15H23N5S/c1-2-11-4-3-7-20(8-5-11)10-13-17-14(19-16)12-6-9-21-15(12)18-13/h6,9,11H,2-5,7-8,10,16H2,1H3,(H,17,18,19).